The van der Waals surface area contributed by atoms with Gasteiger partial charge in [-0.15, -0.1) is 0 Å². The summed E-state index contributed by atoms with van der Waals surface area (Å²) in [5, 5.41) is 0.575. The van der Waals surface area contributed by atoms with Crippen molar-refractivity contribution in [2.24, 2.45) is 5.92 Å². The monoisotopic (exact) mass is 240 g/mol. The Morgan fingerprint density at radius 3 is 2.44 bits per heavy atom. The average Bonchev–Trinajstić information content (AvgIpc) is 2.15. The van der Waals surface area contributed by atoms with Crippen molar-refractivity contribution in [3.63, 3.8) is 0 Å². The predicted molar refractivity (Wildman–Crippen MR) is 69.6 cm³/mol. The number of pyridine rings is 1. The molecule has 1 rings (SSSR count). The Hall–Kier alpha value is -0.600. The maximum atomic E-state index is 5.88. The van der Waals surface area contributed by atoms with E-state index in [-0.39, 0.29) is 0 Å². The normalized spacial score (nSPS) is 11.8. The third-order valence-corrected chi connectivity index (χ3v) is 2.68. The van der Waals surface area contributed by atoms with Gasteiger partial charge in [0.2, 0.25) is 0 Å². The highest BCUT2D eigenvalue weighted by molar-refractivity contribution is 6.29. The summed E-state index contributed by atoms with van der Waals surface area (Å²) in [6.07, 6.45) is 0. The van der Waals surface area contributed by atoms with Crippen molar-refractivity contribution in [2.45, 2.75) is 40.3 Å². The van der Waals surface area contributed by atoms with E-state index in [4.69, 9.17) is 11.6 Å². The molecule has 0 amide bonds. The molecule has 0 unspecified atom stereocenters. The van der Waals surface area contributed by atoms with E-state index >= 15 is 0 Å². The van der Waals surface area contributed by atoms with Gasteiger partial charge in [0.15, 0.2) is 0 Å². The fraction of sp³-hybridized carbons (Fsp3) is 0.615. The quantitative estimate of drug-likeness (QED) is 0.731. The Morgan fingerprint density at radius 2 is 1.94 bits per heavy atom. The second-order valence-corrected chi connectivity index (χ2v) is 5.26. The molecular weight excluding hydrogens is 220 g/mol. The lowest BCUT2D eigenvalue weighted by Gasteiger charge is -2.27. The summed E-state index contributed by atoms with van der Waals surface area (Å²) in [7, 11) is 0. The van der Waals surface area contributed by atoms with Gasteiger partial charge in [-0.1, -0.05) is 31.5 Å². The van der Waals surface area contributed by atoms with Gasteiger partial charge in [-0.05, 0) is 31.9 Å². The van der Waals surface area contributed by atoms with Crippen molar-refractivity contribution in [2.75, 3.05) is 6.54 Å². The molecule has 0 aliphatic carbocycles. The minimum atomic E-state index is 0.531. The summed E-state index contributed by atoms with van der Waals surface area (Å²) < 4.78 is 0. The zero-order valence-corrected chi connectivity index (χ0v) is 11.3. The number of rotatable bonds is 5. The molecule has 0 atom stereocenters. The molecular formula is C13H21ClN2. The van der Waals surface area contributed by atoms with E-state index in [1.54, 1.807) is 0 Å². The first-order valence-corrected chi connectivity index (χ1v) is 6.22. The van der Waals surface area contributed by atoms with Crippen molar-refractivity contribution in [3.05, 3.63) is 29.0 Å². The van der Waals surface area contributed by atoms with Crippen LogP contribution in [0.4, 0.5) is 0 Å². The van der Waals surface area contributed by atoms with Gasteiger partial charge >= 0.3 is 0 Å². The van der Waals surface area contributed by atoms with E-state index in [9.17, 15) is 0 Å². The summed E-state index contributed by atoms with van der Waals surface area (Å²) in [5.74, 6) is 0.668. The van der Waals surface area contributed by atoms with Gasteiger partial charge in [0, 0.05) is 19.1 Å². The van der Waals surface area contributed by atoms with Crippen molar-refractivity contribution < 1.29 is 0 Å². The van der Waals surface area contributed by atoms with E-state index in [1.807, 2.05) is 18.2 Å². The van der Waals surface area contributed by atoms with Crippen LogP contribution in [0.3, 0.4) is 0 Å². The Balaban J connectivity index is 2.68. The molecule has 1 heterocycles. The summed E-state index contributed by atoms with van der Waals surface area (Å²) in [4.78, 5) is 6.75. The predicted octanol–water partition coefficient (Wildman–Crippen LogP) is 3.60. The number of halogens is 1. The smallest absolute Gasteiger partial charge is 0.129 e. The van der Waals surface area contributed by atoms with Crippen LogP contribution in [0.2, 0.25) is 5.15 Å². The van der Waals surface area contributed by atoms with Crippen LogP contribution in [-0.4, -0.2) is 22.5 Å². The average molecular weight is 241 g/mol. The van der Waals surface area contributed by atoms with Crippen molar-refractivity contribution in [1.29, 1.82) is 0 Å². The standard InChI is InChI=1S/C13H21ClN2/c1-10(2)8-16(11(3)4)9-12-6-5-7-13(14)15-12/h5-7,10-11H,8-9H2,1-4H3. The summed E-state index contributed by atoms with van der Waals surface area (Å²) in [6, 6.07) is 6.33. The zero-order valence-electron chi connectivity index (χ0n) is 10.6. The van der Waals surface area contributed by atoms with Crippen molar-refractivity contribution in [1.82, 2.24) is 9.88 Å². The van der Waals surface area contributed by atoms with Crippen LogP contribution in [-0.2, 0) is 6.54 Å². The fourth-order valence-electron chi connectivity index (χ4n) is 1.67. The van der Waals surface area contributed by atoms with Crippen LogP contribution >= 0.6 is 11.6 Å². The molecule has 16 heavy (non-hydrogen) atoms. The van der Waals surface area contributed by atoms with Crippen molar-refractivity contribution >= 4 is 11.6 Å². The summed E-state index contributed by atoms with van der Waals surface area (Å²) in [5.41, 5.74) is 1.04. The molecule has 0 fully saturated rings. The molecule has 0 aliphatic heterocycles. The molecule has 90 valence electrons. The molecule has 0 saturated heterocycles. The maximum absolute atomic E-state index is 5.88. The summed E-state index contributed by atoms with van der Waals surface area (Å²) in [6.45, 7) is 10.9. The van der Waals surface area contributed by atoms with Crippen LogP contribution in [0, 0.1) is 5.92 Å². The molecule has 0 spiro atoms. The highest BCUT2D eigenvalue weighted by Crippen LogP contribution is 2.11. The van der Waals surface area contributed by atoms with Gasteiger partial charge in [-0.3, -0.25) is 4.90 Å². The lowest BCUT2D eigenvalue weighted by molar-refractivity contribution is 0.187. The Labute approximate surface area is 104 Å². The van der Waals surface area contributed by atoms with Gasteiger partial charge in [0.05, 0.1) is 5.69 Å². The van der Waals surface area contributed by atoms with Crippen molar-refractivity contribution in [3.8, 4) is 0 Å². The van der Waals surface area contributed by atoms with Gasteiger partial charge in [0.1, 0.15) is 5.15 Å². The van der Waals surface area contributed by atoms with Crippen LogP contribution < -0.4 is 0 Å². The lowest BCUT2D eigenvalue weighted by atomic mass is 10.1. The summed E-state index contributed by atoms with van der Waals surface area (Å²) >= 11 is 5.88. The third-order valence-electron chi connectivity index (χ3n) is 2.47. The van der Waals surface area contributed by atoms with Gasteiger partial charge in [0.25, 0.3) is 0 Å². The van der Waals surface area contributed by atoms with Crippen LogP contribution in [0.15, 0.2) is 18.2 Å². The van der Waals surface area contributed by atoms with Gasteiger partial charge < -0.3 is 0 Å². The SMILES string of the molecule is CC(C)CN(Cc1cccc(Cl)n1)C(C)C. The molecule has 1 aromatic heterocycles. The second kappa shape index (κ2) is 6.21. The highest BCUT2D eigenvalue weighted by Gasteiger charge is 2.12. The molecule has 3 heteroatoms. The first-order chi connectivity index (χ1) is 7.49. The second-order valence-electron chi connectivity index (χ2n) is 4.87. The number of nitrogens with zero attached hydrogens (tertiary/aromatic N) is 2. The molecule has 2 nitrogen and oxygen atoms in total. The van der Waals surface area contributed by atoms with Crippen LogP contribution in [0.25, 0.3) is 0 Å². The third kappa shape index (κ3) is 4.50. The van der Waals surface area contributed by atoms with Crippen LogP contribution in [0.5, 0.6) is 0 Å². The molecule has 0 radical (unpaired) electrons. The van der Waals surface area contributed by atoms with E-state index in [0.717, 1.165) is 18.8 Å². The van der Waals surface area contributed by atoms with E-state index in [0.29, 0.717) is 17.1 Å². The topological polar surface area (TPSA) is 16.1 Å². The maximum Gasteiger partial charge on any atom is 0.129 e. The van der Waals surface area contributed by atoms with Gasteiger partial charge in [-0.2, -0.15) is 0 Å². The molecule has 1 aromatic rings. The molecule has 0 aromatic carbocycles. The number of hydrogen-bond donors (Lipinski definition) is 0. The lowest BCUT2D eigenvalue weighted by Crippen LogP contribution is -2.33. The Morgan fingerprint density at radius 1 is 1.25 bits per heavy atom. The Bertz CT molecular complexity index is 323. The molecule has 0 saturated carbocycles. The van der Waals surface area contributed by atoms with E-state index < -0.39 is 0 Å². The van der Waals surface area contributed by atoms with Gasteiger partial charge in [-0.25, -0.2) is 4.98 Å². The first kappa shape index (κ1) is 13.5. The zero-order chi connectivity index (χ0) is 12.1. The molecule has 0 bridgehead atoms. The minimum absolute atomic E-state index is 0.531. The minimum Gasteiger partial charge on any atom is -0.295 e. The highest BCUT2D eigenvalue weighted by atomic mass is 35.5. The van der Waals surface area contributed by atoms with E-state index in [2.05, 4.69) is 37.6 Å². The first-order valence-electron chi connectivity index (χ1n) is 5.84. The van der Waals surface area contributed by atoms with Crippen LogP contribution in [0.1, 0.15) is 33.4 Å². The number of hydrogen-bond acceptors (Lipinski definition) is 2. The largest absolute Gasteiger partial charge is 0.295 e. The number of aromatic nitrogens is 1. The fourth-order valence-corrected chi connectivity index (χ4v) is 1.85. The Kier molecular flexibility index (Phi) is 5.23. The molecule has 0 aliphatic rings. The molecule has 0 N–H and O–H groups in total. The van der Waals surface area contributed by atoms with E-state index in [1.165, 1.54) is 0 Å².